The molecule has 1 amide bonds. The molecule has 3 rings (SSSR count). The maximum atomic E-state index is 13.5. The van der Waals surface area contributed by atoms with Crippen molar-refractivity contribution in [1.82, 2.24) is 4.90 Å². The number of carbonyl (C=O) groups is 2. The van der Waals surface area contributed by atoms with Crippen molar-refractivity contribution >= 4 is 17.4 Å². The summed E-state index contributed by atoms with van der Waals surface area (Å²) in [4.78, 5) is 27.4. The van der Waals surface area contributed by atoms with Gasteiger partial charge in [-0.15, -0.1) is 0 Å². The highest BCUT2D eigenvalue weighted by atomic mass is 19.1. The van der Waals surface area contributed by atoms with Gasteiger partial charge in [0.05, 0.1) is 18.2 Å². The van der Waals surface area contributed by atoms with Crippen molar-refractivity contribution in [2.45, 2.75) is 46.1 Å². The molecule has 0 bridgehead atoms. The Morgan fingerprint density at radius 2 is 1.84 bits per heavy atom. The van der Waals surface area contributed by atoms with E-state index in [0.717, 1.165) is 19.3 Å². The molecule has 1 aliphatic heterocycles. The molecule has 32 heavy (non-hydrogen) atoms. The van der Waals surface area contributed by atoms with Crippen LogP contribution in [0.15, 0.2) is 54.1 Å². The van der Waals surface area contributed by atoms with Crippen LogP contribution in [0.3, 0.4) is 0 Å². The zero-order valence-corrected chi connectivity index (χ0v) is 18.8. The smallest absolute Gasteiger partial charge is 0.295 e. The number of Topliss-reactive ketones (excluding diaryl/α,β-unsaturated/α-hetero) is 1. The van der Waals surface area contributed by atoms with Crippen LogP contribution in [0.4, 0.5) is 4.39 Å². The van der Waals surface area contributed by atoms with Crippen LogP contribution < -0.4 is 4.74 Å². The van der Waals surface area contributed by atoms with Gasteiger partial charge in [0, 0.05) is 12.1 Å². The number of hydrogen-bond donors (Lipinski definition) is 1. The fourth-order valence-electron chi connectivity index (χ4n) is 3.79. The van der Waals surface area contributed by atoms with Gasteiger partial charge in [-0.2, -0.15) is 0 Å². The zero-order valence-electron chi connectivity index (χ0n) is 18.8. The Kier molecular flexibility index (Phi) is 7.67. The monoisotopic (exact) mass is 439 g/mol. The van der Waals surface area contributed by atoms with Crippen LogP contribution in [0.25, 0.3) is 5.76 Å². The topological polar surface area (TPSA) is 66.8 Å². The summed E-state index contributed by atoms with van der Waals surface area (Å²) in [7, 11) is 0. The van der Waals surface area contributed by atoms with Crippen molar-refractivity contribution in [2.24, 2.45) is 5.92 Å². The number of ketones is 1. The minimum Gasteiger partial charge on any atom is -0.507 e. The molecule has 0 aromatic heterocycles. The van der Waals surface area contributed by atoms with E-state index < -0.39 is 23.5 Å². The predicted molar refractivity (Wildman–Crippen MR) is 122 cm³/mol. The van der Waals surface area contributed by atoms with Gasteiger partial charge in [-0.05, 0) is 42.2 Å². The highest BCUT2D eigenvalue weighted by Gasteiger charge is 2.45. The fraction of sp³-hybridized carbons (Fsp3) is 0.385. The van der Waals surface area contributed by atoms with E-state index in [1.54, 1.807) is 36.4 Å². The Bertz CT molecular complexity index is 997. The lowest BCUT2D eigenvalue weighted by Crippen LogP contribution is -2.30. The van der Waals surface area contributed by atoms with Crippen LogP contribution in [0, 0.1) is 11.7 Å². The van der Waals surface area contributed by atoms with E-state index in [-0.39, 0.29) is 11.3 Å². The molecule has 0 spiro atoms. The van der Waals surface area contributed by atoms with Gasteiger partial charge in [0.15, 0.2) is 0 Å². The van der Waals surface area contributed by atoms with E-state index in [0.29, 0.717) is 35.9 Å². The Morgan fingerprint density at radius 3 is 2.50 bits per heavy atom. The molecule has 0 radical (unpaired) electrons. The summed E-state index contributed by atoms with van der Waals surface area (Å²) in [5.41, 5.74) is 0.986. The SMILES string of the molecule is CCCCCN1C(=O)C(=O)/C(=C(\O)c2cccc(OCC(C)C)c2)C1c1ccc(F)cc1. The van der Waals surface area contributed by atoms with Gasteiger partial charge >= 0.3 is 0 Å². The predicted octanol–water partition coefficient (Wildman–Crippen LogP) is 5.47. The quantitative estimate of drug-likeness (QED) is 0.243. The van der Waals surface area contributed by atoms with Crippen molar-refractivity contribution in [3.63, 3.8) is 0 Å². The highest BCUT2D eigenvalue weighted by Crippen LogP contribution is 2.40. The lowest BCUT2D eigenvalue weighted by molar-refractivity contribution is -0.139. The minimum absolute atomic E-state index is 0.0131. The number of likely N-dealkylation sites (tertiary alicyclic amines) is 1. The third kappa shape index (κ3) is 5.18. The van der Waals surface area contributed by atoms with Crippen LogP contribution in [0.2, 0.25) is 0 Å². The molecule has 0 aliphatic carbocycles. The number of rotatable bonds is 9. The second kappa shape index (κ2) is 10.4. The van der Waals surface area contributed by atoms with Gasteiger partial charge < -0.3 is 14.7 Å². The van der Waals surface area contributed by atoms with Crippen molar-refractivity contribution < 1.29 is 23.8 Å². The molecule has 5 nitrogen and oxygen atoms in total. The zero-order chi connectivity index (χ0) is 23.3. The third-order valence-electron chi connectivity index (χ3n) is 5.42. The van der Waals surface area contributed by atoms with Crippen LogP contribution in [-0.4, -0.2) is 34.8 Å². The Balaban J connectivity index is 2.05. The third-order valence-corrected chi connectivity index (χ3v) is 5.42. The number of aliphatic hydroxyl groups excluding tert-OH is 1. The van der Waals surface area contributed by atoms with Gasteiger partial charge in [-0.1, -0.05) is 57.9 Å². The molecule has 2 aromatic carbocycles. The molecule has 1 saturated heterocycles. The highest BCUT2D eigenvalue weighted by molar-refractivity contribution is 6.46. The lowest BCUT2D eigenvalue weighted by Gasteiger charge is -2.25. The number of unbranched alkanes of at least 4 members (excludes halogenated alkanes) is 2. The maximum Gasteiger partial charge on any atom is 0.295 e. The summed E-state index contributed by atoms with van der Waals surface area (Å²) < 4.78 is 19.3. The first-order valence-corrected chi connectivity index (χ1v) is 11.1. The number of carbonyl (C=O) groups excluding carboxylic acids is 2. The molecular formula is C26H30FNO4. The van der Waals surface area contributed by atoms with Crippen LogP contribution in [0.1, 0.15) is 57.2 Å². The van der Waals surface area contributed by atoms with Crippen molar-refractivity contribution in [1.29, 1.82) is 0 Å². The molecule has 170 valence electrons. The summed E-state index contributed by atoms with van der Waals surface area (Å²) in [5, 5.41) is 11.1. The van der Waals surface area contributed by atoms with Crippen LogP contribution >= 0.6 is 0 Å². The second-order valence-electron chi connectivity index (χ2n) is 8.48. The van der Waals surface area contributed by atoms with Gasteiger partial charge in [0.25, 0.3) is 11.7 Å². The van der Waals surface area contributed by atoms with Crippen molar-refractivity contribution in [3.8, 4) is 5.75 Å². The Hall–Kier alpha value is -3.15. The molecule has 1 fully saturated rings. The number of hydrogen-bond acceptors (Lipinski definition) is 4. The maximum absolute atomic E-state index is 13.5. The molecule has 1 heterocycles. The lowest BCUT2D eigenvalue weighted by atomic mass is 9.95. The van der Waals surface area contributed by atoms with Crippen molar-refractivity contribution in [2.75, 3.05) is 13.2 Å². The number of halogens is 1. The number of ether oxygens (including phenoxy) is 1. The first-order chi connectivity index (χ1) is 15.3. The van der Waals surface area contributed by atoms with Gasteiger partial charge in [-0.3, -0.25) is 9.59 Å². The number of nitrogens with zero attached hydrogens (tertiary/aromatic N) is 1. The van der Waals surface area contributed by atoms with E-state index in [2.05, 4.69) is 6.92 Å². The van der Waals surface area contributed by atoms with Gasteiger partial charge in [0.1, 0.15) is 17.3 Å². The number of aliphatic hydroxyl groups is 1. The first kappa shape index (κ1) is 23.5. The second-order valence-corrected chi connectivity index (χ2v) is 8.48. The Morgan fingerprint density at radius 1 is 1.12 bits per heavy atom. The van der Waals surface area contributed by atoms with E-state index in [4.69, 9.17) is 4.74 Å². The normalized spacial score (nSPS) is 17.9. The van der Waals surface area contributed by atoms with E-state index in [9.17, 15) is 19.1 Å². The minimum atomic E-state index is -0.771. The molecule has 2 aromatic rings. The molecular weight excluding hydrogens is 409 g/mol. The van der Waals surface area contributed by atoms with E-state index in [1.165, 1.54) is 17.0 Å². The summed E-state index contributed by atoms with van der Waals surface area (Å²) in [5.74, 6) is -1.15. The number of benzene rings is 2. The summed E-state index contributed by atoms with van der Waals surface area (Å²) >= 11 is 0. The van der Waals surface area contributed by atoms with Gasteiger partial charge in [-0.25, -0.2) is 4.39 Å². The average molecular weight is 440 g/mol. The fourth-order valence-corrected chi connectivity index (χ4v) is 3.79. The molecule has 1 N–H and O–H groups in total. The Labute approximate surface area is 188 Å². The summed E-state index contributed by atoms with van der Waals surface area (Å²) in [6.45, 7) is 7.02. The van der Waals surface area contributed by atoms with E-state index in [1.807, 2.05) is 13.8 Å². The van der Waals surface area contributed by atoms with Crippen LogP contribution in [0.5, 0.6) is 5.75 Å². The van der Waals surface area contributed by atoms with Crippen molar-refractivity contribution in [3.05, 3.63) is 71.0 Å². The molecule has 1 unspecified atom stereocenters. The average Bonchev–Trinajstić information content (AvgIpc) is 3.03. The molecule has 1 aliphatic rings. The largest absolute Gasteiger partial charge is 0.507 e. The number of amides is 1. The standard InChI is InChI=1S/C26H30FNO4/c1-4-5-6-14-28-23(18-10-12-20(27)13-11-18)22(25(30)26(28)31)24(29)19-8-7-9-21(15-19)32-16-17(2)3/h7-13,15,17,23,29H,4-6,14,16H2,1-3H3/b24-22-. The van der Waals surface area contributed by atoms with Crippen LogP contribution in [-0.2, 0) is 9.59 Å². The summed E-state index contributed by atoms with van der Waals surface area (Å²) in [6, 6.07) is 11.8. The summed E-state index contributed by atoms with van der Waals surface area (Å²) in [6.07, 6.45) is 2.61. The van der Waals surface area contributed by atoms with Gasteiger partial charge in [0.2, 0.25) is 0 Å². The van der Waals surface area contributed by atoms with E-state index >= 15 is 0 Å². The molecule has 0 saturated carbocycles. The molecule has 6 heteroatoms. The molecule has 1 atom stereocenters. The first-order valence-electron chi connectivity index (χ1n) is 11.1.